The number of rotatable bonds is 5. The van der Waals surface area contributed by atoms with E-state index in [0.717, 1.165) is 32.8 Å². The molecule has 0 aromatic carbocycles. The molecule has 21 heavy (non-hydrogen) atoms. The van der Waals surface area contributed by atoms with Gasteiger partial charge in [0.25, 0.3) is 0 Å². The SMILES string of the molecule is COc1ncc(Cl)c(N(C)CCN2CCOC(C)(C)C2)n1. The summed E-state index contributed by atoms with van der Waals surface area (Å²) in [6.45, 7) is 8.67. The Morgan fingerprint density at radius 3 is 2.95 bits per heavy atom. The van der Waals surface area contributed by atoms with Gasteiger partial charge in [0, 0.05) is 33.2 Å². The first-order valence-corrected chi connectivity index (χ1v) is 7.43. The van der Waals surface area contributed by atoms with Crippen LogP contribution in [0.5, 0.6) is 6.01 Å². The molecule has 6 nitrogen and oxygen atoms in total. The molecule has 1 saturated heterocycles. The van der Waals surface area contributed by atoms with Crippen molar-refractivity contribution in [3.8, 4) is 6.01 Å². The van der Waals surface area contributed by atoms with E-state index in [1.807, 2.05) is 11.9 Å². The molecule has 7 heteroatoms. The van der Waals surface area contributed by atoms with Crippen molar-refractivity contribution in [1.82, 2.24) is 14.9 Å². The van der Waals surface area contributed by atoms with Crippen molar-refractivity contribution in [1.29, 1.82) is 0 Å². The van der Waals surface area contributed by atoms with Gasteiger partial charge in [-0.15, -0.1) is 0 Å². The van der Waals surface area contributed by atoms with Crippen LogP contribution in [0.4, 0.5) is 5.82 Å². The zero-order chi connectivity index (χ0) is 15.5. The van der Waals surface area contributed by atoms with Crippen LogP contribution in [0.25, 0.3) is 0 Å². The predicted molar refractivity (Wildman–Crippen MR) is 83.3 cm³/mol. The van der Waals surface area contributed by atoms with Crippen LogP contribution in [0.15, 0.2) is 6.20 Å². The second-order valence-corrected chi connectivity index (χ2v) is 6.24. The van der Waals surface area contributed by atoms with Crippen molar-refractivity contribution in [2.45, 2.75) is 19.4 Å². The highest BCUT2D eigenvalue weighted by atomic mass is 35.5. The van der Waals surface area contributed by atoms with Crippen LogP contribution in [-0.2, 0) is 4.74 Å². The molecular formula is C14H23ClN4O2. The van der Waals surface area contributed by atoms with Crippen LogP contribution in [0.3, 0.4) is 0 Å². The van der Waals surface area contributed by atoms with E-state index in [1.165, 1.54) is 0 Å². The Labute approximate surface area is 131 Å². The second kappa shape index (κ2) is 6.77. The lowest BCUT2D eigenvalue weighted by Crippen LogP contribution is -2.50. The number of nitrogens with zero attached hydrogens (tertiary/aromatic N) is 4. The first kappa shape index (κ1) is 16.3. The largest absolute Gasteiger partial charge is 0.467 e. The van der Waals surface area contributed by atoms with Crippen molar-refractivity contribution in [2.24, 2.45) is 0 Å². The van der Waals surface area contributed by atoms with Gasteiger partial charge in [-0.2, -0.15) is 4.98 Å². The summed E-state index contributed by atoms with van der Waals surface area (Å²) in [6, 6.07) is 0.328. The van der Waals surface area contributed by atoms with Gasteiger partial charge in [-0.25, -0.2) is 4.98 Å². The molecule has 0 radical (unpaired) electrons. The minimum atomic E-state index is -0.0768. The van der Waals surface area contributed by atoms with E-state index < -0.39 is 0 Å². The number of anilines is 1. The van der Waals surface area contributed by atoms with E-state index in [4.69, 9.17) is 21.1 Å². The molecule has 0 atom stereocenters. The molecule has 1 aliphatic heterocycles. The molecule has 1 aromatic rings. The lowest BCUT2D eigenvalue weighted by atomic mass is 10.1. The highest BCUT2D eigenvalue weighted by molar-refractivity contribution is 6.32. The van der Waals surface area contributed by atoms with Gasteiger partial charge in [-0.1, -0.05) is 11.6 Å². The van der Waals surface area contributed by atoms with Crippen LogP contribution in [0.1, 0.15) is 13.8 Å². The topological polar surface area (TPSA) is 50.7 Å². The van der Waals surface area contributed by atoms with E-state index in [0.29, 0.717) is 16.9 Å². The number of halogens is 1. The average molecular weight is 315 g/mol. The molecule has 0 amide bonds. The summed E-state index contributed by atoms with van der Waals surface area (Å²) in [5.74, 6) is 0.691. The number of hydrogen-bond acceptors (Lipinski definition) is 6. The van der Waals surface area contributed by atoms with E-state index >= 15 is 0 Å². The van der Waals surface area contributed by atoms with Gasteiger partial charge in [0.2, 0.25) is 0 Å². The summed E-state index contributed by atoms with van der Waals surface area (Å²) in [4.78, 5) is 12.7. The van der Waals surface area contributed by atoms with E-state index in [9.17, 15) is 0 Å². The Morgan fingerprint density at radius 1 is 1.52 bits per heavy atom. The van der Waals surface area contributed by atoms with Crippen molar-refractivity contribution in [3.63, 3.8) is 0 Å². The van der Waals surface area contributed by atoms with Crippen molar-refractivity contribution in [3.05, 3.63) is 11.2 Å². The third-order valence-electron chi connectivity index (χ3n) is 3.50. The van der Waals surface area contributed by atoms with Crippen LogP contribution < -0.4 is 9.64 Å². The summed E-state index contributed by atoms with van der Waals surface area (Å²) in [5, 5.41) is 0.528. The molecule has 0 unspecified atom stereocenters. The smallest absolute Gasteiger partial charge is 0.318 e. The Balaban J connectivity index is 1.94. The minimum Gasteiger partial charge on any atom is -0.467 e. The minimum absolute atomic E-state index is 0.0768. The van der Waals surface area contributed by atoms with E-state index in [2.05, 4.69) is 28.7 Å². The van der Waals surface area contributed by atoms with Crippen LogP contribution >= 0.6 is 11.6 Å². The van der Waals surface area contributed by atoms with Gasteiger partial charge in [0.15, 0.2) is 5.82 Å². The van der Waals surface area contributed by atoms with Gasteiger partial charge < -0.3 is 14.4 Å². The molecule has 2 rings (SSSR count). The maximum atomic E-state index is 6.16. The van der Waals surface area contributed by atoms with Gasteiger partial charge in [0.1, 0.15) is 5.02 Å². The van der Waals surface area contributed by atoms with Gasteiger partial charge >= 0.3 is 6.01 Å². The number of morpholine rings is 1. The van der Waals surface area contributed by atoms with Gasteiger partial charge in [0.05, 0.1) is 25.5 Å². The Morgan fingerprint density at radius 2 is 2.29 bits per heavy atom. The number of methoxy groups -OCH3 is 1. The fourth-order valence-electron chi connectivity index (χ4n) is 2.41. The quantitative estimate of drug-likeness (QED) is 0.824. The van der Waals surface area contributed by atoms with Crippen molar-refractivity contribution < 1.29 is 9.47 Å². The van der Waals surface area contributed by atoms with Crippen LogP contribution in [-0.4, -0.2) is 67.4 Å². The lowest BCUT2D eigenvalue weighted by molar-refractivity contribution is -0.0850. The molecule has 2 heterocycles. The standard InChI is InChI=1S/C14H23ClN4O2/c1-14(2)10-19(7-8-21-14)6-5-18(3)12-11(15)9-16-13(17-12)20-4/h9H,5-8,10H2,1-4H3. The highest BCUT2D eigenvalue weighted by Crippen LogP contribution is 2.23. The third-order valence-corrected chi connectivity index (χ3v) is 3.77. The molecule has 1 aliphatic rings. The number of likely N-dealkylation sites (N-methyl/N-ethyl adjacent to an activating group) is 1. The molecular weight excluding hydrogens is 292 g/mol. The molecule has 1 aromatic heterocycles. The van der Waals surface area contributed by atoms with Crippen LogP contribution in [0, 0.1) is 0 Å². The van der Waals surface area contributed by atoms with Crippen molar-refractivity contribution >= 4 is 17.4 Å². The second-order valence-electron chi connectivity index (χ2n) is 5.83. The molecule has 0 N–H and O–H groups in total. The summed E-state index contributed by atoms with van der Waals surface area (Å²) in [5.41, 5.74) is -0.0768. The summed E-state index contributed by atoms with van der Waals surface area (Å²) < 4.78 is 10.8. The van der Waals surface area contributed by atoms with Crippen molar-refractivity contribution in [2.75, 3.05) is 51.8 Å². The molecule has 0 bridgehead atoms. The maximum Gasteiger partial charge on any atom is 0.318 e. The molecule has 1 fully saturated rings. The van der Waals surface area contributed by atoms with Gasteiger partial charge in [-0.3, -0.25) is 4.90 Å². The lowest BCUT2D eigenvalue weighted by Gasteiger charge is -2.38. The average Bonchev–Trinajstić information content (AvgIpc) is 2.44. The fourth-order valence-corrected chi connectivity index (χ4v) is 2.65. The van der Waals surface area contributed by atoms with Crippen LogP contribution in [0.2, 0.25) is 5.02 Å². The zero-order valence-corrected chi connectivity index (χ0v) is 13.9. The first-order chi connectivity index (χ1) is 9.91. The van der Waals surface area contributed by atoms with Gasteiger partial charge in [-0.05, 0) is 13.8 Å². The number of hydrogen-bond donors (Lipinski definition) is 0. The first-order valence-electron chi connectivity index (χ1n) is 7.05. The monoisotopic (exact) mass is 314 g/mol. The Kier molecular flexibility index (Phi) is 5.24. The fraction of sp³-hybridized carbons (Fsp3) is 0.714. The van der Waals surface area contributed by atoms with E-state index in [-0.39, 0.29) is 5.60 Å². The number of aromatic nitrogens is 2. The van der Waals surface area contributed by atoms with E-state index in [1.54, 1.807) is 13.3 Å². The molecule has 0 aliphatic carbocycles. The predicted octanol–water partition coefficient (Wildman–Crippen LogP) is 1.69. The maximum absolute atomic E-state index is 6.16. The summed E-state index contributed by atoms with van der Waals surface area (Å²) in [7, 11) is 3.52. The molecule has 118 valence electrons. The summed E-state index contributed by atoms with van der Waals surface area (Å²) in [6.07, 6.45) is 1.57. The normalized spacial score (nSPS) is 18.5. The Hall–Kier alpha value is -1.11. The third kappa shape index (κ3) is 4.43. The summed E-state index contributed by atoms with van der Waals surface area (Å²) >= 11 is 6.16. The molecule has 0 saturated carbocycles. The Bertz CT molecular complexity index is 484. The highest BCUT2D eigenvalue weighted by Gasteiger charge is 2.27. The zero-order valence-electron chi connectivity index (χ0n) is 13.1. The number of ether oxygens (including phenoxy) is 2. The molecule has 0 spiro atoms.